The van der Waals surface area contributed by atoms with Crippen molar-refractivity contribution in [3.05, 3.63) is 87.9 Å². The van der Waals surface area contributed by atoms with E-state index in [0.29, 0.717) is 33.3 Å². The topological polar surface area (TPSA) is 52.7 Å². The minimum Gasteiger partial charge on any atom is -0.337 e. The highest BCUT2D eigenvalue weighted by atomic mass is 35.5. The van der Waals surface area contributed by atoms with Crippen molar-refractivity contribution in [3.8, 4) is 5.69 Å². The number of imidazole rings is 1. The van der Waals surface area contributed by atoms with Crippen LogP contribution in [-0.2, 0) is 7.05 Å². The molecule has 0 saturated heterocycles. The molecule has 130 valence electrons. The standard InChI is InChI=1S/C19H15ClN4OS/c1-23-11-10-21-17(23)16(26)18-22-14-8-4-2-6-12(14)19(25)24(18)15-9-5-3-7-13(15)20/h2-11,16,26H,1H3. The summed E-state index contributed by atoms with van der Waals surface area (Å²) in [7, 11) is 1.88. The van der Waals surface area contributed by atoms with E-state index in [1.807, 2.05) is 48.1 Å². The second-order valence-corrected chi connectivity index (χ2v) is 6.80. The number of hydrogen-bond acceptors (Lipinski definition) is 4. The molecular formula is C19H15ClN4OS. The van der Waals surface area contributed by atoms with Gasteiger partial charge in [0, 0.05) is 19.4 Å². The van der Waals surface area contributed by atoms with Crippen molar-refractivity contribution in [2.24, 2.45) is 7.05 Å². The lowest BCUT2D eigenvalue weighted by Crippen LogP contribution is -2.26. The predicted octanol–water partition coefficient (Wildman–Crippen LogP) is 3.79. The van der Waals surface area contributed by atoms with Gasteiger partial charge in [0.1, 0.15) is 16.9 Å². The summed E-state index contributed by atoms with van der Waals surface area (Å²) in [4.78, 5) is 22.3. The van der Waals surface area contributed by atoms with Crippen molar-refractivity contribution in [3.63, 3.8) is 0 Å². The summed E-state index contributed by atoms with van der Waals surface area (Å²) in [6.45, 7) is 0. The fraction of sp³-hybridized carbons (Fsp3) is 0.105. The lowest BCUT2D eigenvalue weighted by atomic mass is 10.2. The van der Waals surface area contributed by atoms with Crippen LogP contribution in [0.15, 0.2) is 65.7 Å². The van der Waals surface area contributed by atoms with Crippen molar-refractivity contribution >= 4 is 35.1 Å². The maximum absolute atomic E-state index is 13.3. The SMILES string of the molecule is Cn1ccnc1C(S)c1nc2ccccc2c(=O)n1-c1ccccc1Cl. The number of aryl methyl sites for hydroxylation is 1. The minimum absolute atomic E-state index is 0.188. The molecule has 0 saturated carbocycles. The van der Waals surface area contributed by atoms with Crippen molar-refractivity contribution in [1.82, 2.24) is 19.1 Å². The molecule has 1 atom stereocenters. The molecule has 26 heavy (non-hydrogen) atoms. The molecule has 7 heteroatoms. The zero-order valence-electron chi connectivity index (χ0n) is 13.9. The molecule has 0 aliphatic rings. The average molecular weight is 383 g/mol. The van der Waals surface area contributed by atoms with Gasteiger partial charge in [0.15, 0.2) is 0 Å². The first-order chi connectivity index (χ1) is 12.6. The molecule has 2 aromatic heterocycles. The maximum Gasteiger partial charge on any atom is 0.266 e. The Morgan fingerprint density at radius 1 is 1.08 bits per heavy atom. The van der Waals surface area contributed by atoms with E-state index in [1.54, 1.807) is 24.4 Å². The Balaban J connectivity index is 2.08. The van der Waals surface area contributed by atoms with Crippen LogP contribution in [-0.4, -0.2) is 19.1 Å². The fourth-order valence-corrected chi connectivity index (χ4v) is 3.60. The summed E-state index contributed by atoms with van der Waals surface area (Å²) in [6.07, 6.45) is 3.52. The van der Waals surface area contributed by atoms with Gasteiger partial charge in [0.05, 0.1) is 21.6 Å². The number of para-hydroxylation sites is 2. The van der Waals surface area contributed by atoms with Crippen LogP contribution in [0.25, 0.3) is 16.6 Å². The first-order valence-corrected chi connectivity index (χ1v) is 8.89. The van der Waals surface area contributed by atoms with Gasteiger partial charge in [-0.1, -0.05) is 35.9 Å². The van der Waals surface area contributed by atoms with E-state index in [4.69, 9.17) is 29.2 Å². The predicted molar refractivity (Wildman–Crippen MR) is 106 cm³/mol. The first kappa shape index (κ1) is 16.9. The Morgan fingerprint density at radius 3 is 2.54 bits per heavy atom. The number of hydrogen-bond donors (Lipinski definition) is 1. The van der Waals surface area contributed by atoms with E-state index >= 15 is 0 Å². The Labute approximate surface area is 160 Å². The number of aromatic nitrogens is 4. The monoisotopic (exact) mass is 382 g/mol. The van der Waals surface area contributed by atoms with E-state index in [9.17, 15) is 4.79 Å². The molecule has 4 rings (SSSR count). The van der Waals surface area contributed by atoms with Crippen LogP contribution < -0.4 is 5.56 Å². The zero-order valence-corrected chi connectivity index (χ0v) is 15.5. The third-order valence-corrected chi connectivity index (χ3v) is 5.02. The smallest absolute Gasteiger partial charge is 0.266 e. The molecule has 0 amide bonds. The van der Waals surface area contributed by atoms with Crippen molar-refractivity contribution in [2.75, 3.05) is 0 Å². The summed E-state index contributed by atoms with van der Waals surface area (Å²) in [5.41, 5.74) is 0.997. The van der Waals surface area contributed by atoms with Crippen LogP contribution in [0.3, 0.4) is 0 Å². The third kappa shape index (κ3) is 2.71. The summed E-state index contributed by atoms with van der Waals surface area (Å²) in [6, 6.07) is 14.4. The highest BCUT2D eigenvalue weighted by Crippen LogP contribution is 2.29. The Hall–Kier alpha value is -2.57. The Morgan fingerprint density at radius 2 is 1.81 bits per heavy atom. The van der Waals surface area contributed by atoms with Crippen LogP contribution in [0.5, 0.6) is 0 Å². The van der Waals surface area contributed by atoms with E-state index in [0.717, 1.165) is 0 Å². The highest BCUT2D eigenvalue weighted by molar-refractivity contribution is 7.80. The van der Waals surface area contributed by atoms with Crippen LogP contribution in [0.4, 0.5) is 0 Å². The molecule has 2 aromatic carbocycles. The number of rotatable bonds is 3. The van der Waals surface area contributed by atoms with Gasteiger partial charge in [-0.15, -0.1) is 0 Å². The van der Waals surface area contributed by atoms with Gasteiger partial charge >= 0.3 is 0 Å². The fourth-order valence-electron chi connectivity index (χ4n) is 2.96. The maximum atomic E-state index is 13.3. The molecular weight excluding hydrogens is 368 g/mol. The van der Waals surface area contributed by atoms with E-state index in [-0.39, 0.29) is 5.56 Å². The summed E-state index contributed by atoms with van der Waals surface area (Å²) >= 11 is 11.1. The van der Waals surface area contributed by atoms with Gasteiger partial charge in [-0.2, -0.15) is 12.6 Å². The summed E-state index contributed by atoms with van der Waals surface area (Å²) in [5, 5.41) is 0.494. The molecule has 0 spiro atoms. The van der Waals surface area contributed by atoms with Gasteiger partial charge < -0.3 is 4.57 Å². The molecule has 2 heterocycles. The molecule has 4 aromatic rings. The Bertz CT molecular complexity index is 1170. The number of halogens is 1. The number of nitrogens with zero attached hydrogens (tertiary/aromatic N) is 4. The van der Waals surface area contributed by atoms with Crippen LogP contribution in [0.2, 0.25) is 5.02 Å². The van der Waals surface area contributed by atoms with E-state index in [2.05, 4.69) is 4.98 Å². The molecule has 1 unspecified atom stereocenters. The average Bonchev–Trinajstić information content (AvgIpc) is 3.08. The quantitative estimate of drug-likeness (QED) is 0.548. The zero-order chi connectivity index (χ0) is 18.3. The molecule has 0 bridgehead atoms. The van der Waals surface area contributed by atoms with Crippen molar-refractivity contribution < 1.29 is 0 Å². The normalized spacial score (nSPS) is 12.4. The molecule has 0 fully saturated rings. The van der Waals surface area contributed by atoms with Crippen LogP contribution in [0, 0.1) is 0 Å². The summed E-state index contributed by atoms with van der Waals surface area (Å²) < 4.78 is 3.38. The summed E-state index contributed by atoms with van der Waals surface area (Å²) in [5.74, 6) is 1.16. The van der Waals surface area contributed by atoms with Crippen LogP contribution >= 0.6 is 24.2 Å². The largest absolute Gasteiger partial charge is 0.337 e. The van der Waals surface area contributed by atoms with Gasteiger partial charge in [0.25, 0.3) is 5.56 Å². The second kappa shape index (κ2) is 6.63. The van der Waals surface area contributed by atoms with Crippen molar-refractivity contribution in [2.45, 2.75) is 5.25 Å². The lowest BCUT2D eigenvalue weighted by Gasteiger charge is -2.18. The van der Waals surface area contributed by atoms with Crippen LogP contribution in [0.1, 0.15) is 16.9 Å². The van der Waals surface area contributed by atoms with E-state index in [1.165, 1.54) is 4.57 Å². The van der Waals surface area contributed by atoms with Gasteiger partial charge in [-0.25, -0.2) is 9.97 Å². The number of benzene rings is 2. The molecule has 5 nitrogen and oxygen atoms in total. The van der Waals surface area contributed by atoms with Gasteiger partial charge in [0.2, 0.25) is 0 Å². The minimum atomic E-state index is -0.497. The van der Waals surface area contributed by atoms with Gasteiger partial charge in [-0.05, 0) is 24.3 Å². The number of fused-ring (bicyclic) bond motifs is 1. The lowest BCUT2D eigenvalue weighted by molar-refractivity contribution is 0.758. The van der Waals surface area contributed by atoms with Gasteiger partial charge in [-0.3, -0.25) is 9.36 Å². The highest BCUT2D eigenvalue weighted by Gasteiger charge is 2.23. The molecule has 0 N–H and O–H groups in total. The number of thiol groups is 1. The first-order valence-electron chi connectivity index (χ1n) is 8.00. The second-order valence-electron chi connectivity index (χ2n) is 5.88. The van der Waals surface area contributed by atoms with Crippen molar-refractivity contribution in [1.29, 1.82) is 0 Å². The molecule has 0 aliphatic carbocycles. The molecule has 0 radical (unpaired) electrons. The van der Waals surface area contributed by atoms with E-state index < -0.39 is 5.25 Å². The Kier molecular flexibility index (Phi) is 4.30. The third-order valence-electron chi connectivity index (χ3n) is 4.24. The molecule has 0 aliphatic heterocycles.